The third-order valence-electron chi connectivity index (χ3n) is 24.4. The number of nitrogens with one attached hydrogen (secondary N) is 3. The van der Waals surface area contributed by atoms with Crippen LogP contribution in [0.1, 0.15) is 181 Å². The summed E-state index contributed by atoms with van der Waals surface area (Å²) in [5.74, 6) is -16.3. The number of morpholine rings is 1. The van der Waals surface area contributed by atoms with Crippen molar-refractivity contribution in [3.63, 3.8) is 0 Å². The second-order valence-electron chi connectivity index (χ2n) is 31.5. The molecular formula is C73H112F8N12O13. The molecule has 0 aromatic rings. The number of carbonyl (C=O) groups excluding carboxylic acids is 12. The van der Waals surface area contributed by atoms with Crippen LogP contribution >= 0.6 is 0 Å². The zero-order chi connectivity index (χ0) is 78.0. The number of carbonyl (C=O) groups is 12. The van der Waals surface area contributed by atoms with Gasteiger partial charge in [-0.15, -0.1) is 0 Å². The van der Waals surface area contributed by atoms with Crippen LogP contribution in [0.2, 0.25) is 0 Å². The minimum atomic E-state index is -5.20. The molecule has 3 N–H and O–H groups in total. The normalized spacial score (nSPS) is 32.5. The Morgan fingerprint density at radius 3 is 1.77 bits per heavy atom. The Balaban J connectivity index is 1.17. The van der Waals surface area contributed by atoms with Crippen molar-refractivity contribution < 1.29 is 97.4 Å². The molecule has 598 valence electrons. The molecule has 4 aliphatic carbocycles. The summed E-state index contributed by atoms with van der Waals surface area (Å²) in [6.07, 6.45) is -13.2. The van der Waals surface area contributed by atoms with Crippen LogP contribution in [0.3, 0.4) is 0 Å². The van der Waals surface area contributed by atoms with Crippen LogP contribution in [0, 0.1) is 35.5 Å². The van der Waals surface area contributed by atoms with Crippen LogP contribution in [0.15, 0.2) is 0 Å². The van der Waals surface area contributed by atoms with E-state index in [4.69, 9.17) is 4.74 Å². The van der Waals surface area contributed by atoms with E-state index in [1.165, 1.54) is 68.8 Å². The summed E-state index contributed by atoms with van der Waals surface area (Å²) in [5, 5.41) is 8.41. The SMILES string of the molecule is CC[C@H](C)[C@@H]1NC(=O)[C@H](C)N(C)C(=O)C[C@@H](C(=O)N2CCOCC2)N(C)C(=O)[C@H](C2CCCC2)N(C)C(=O)C2(CCCC2)NC(=O)[C@@H]2CCCN2C(=O)[C@H](CCC2CC(F)C(C(F)(F)F)C(F)C2)NC(=O)CN(C)C(=O)[C@H](CC2CCC(C(F)(F)F)CC2)N2CCCCC[C@@H](C2=O)N(C)C(=O)CN(C)C1=O. The van der Waals surface area contributed by atoms with Gasteiger partial charge in [-0.25, -0.2) is 8.78 Å². The summed E-state index contributed by atoms with van der Waals surface area (Å²) >= 11 is 0. The first-order chi connectivity index (χ1) is 49.9. The van der Waals surface area contributed by atoms with Crippen LogP contribution in [0.5, 0.6) is 0 Å². The molecule has 4 saturated heterocycles. The van der Waals surface area contributed by atoms with Gasteiger partial charge in [-0.3, -0.25) is 57.5 Å². The number of halogens is 8. The zero-order valence-electron chi connectivity index (χ0n) is 62.9. The number of likely N-dealkylation sites (N-methyl/N-ethyl adjacent to an activating group) is 6. The molecule has 2 unspecified atom stereocenters. The second-order valence-corrected chi connectivity index (χ2v) is 31.5. The van der Waals surface area contributed by atoms with Crippen molar-refractivity contribution in [1.29, 1.82) is 0 Å². The van der Waals surface area contributed by atoms with Crippen molar-refractivity contribution in [2.75, 3.05) is 94.8 Å². The molecule has 4 aliphatic heterocycles. The van der Waals surface area contributed by atoms with Gasteiger partial charge in [0, 0.05) is 68.5 Å². The van der Waals surface area contributed by atoms with E-state index >= 15 is 37.5 Å². The predicted octanol–water partition coefficient (Wildman–Crippen LogP) is 5.69. The molecule has 8 aliphatic rings. The van der Waals surface area contributed by atoms with Crippen molar-refractivity contribution in [3.8, 4) is 0 Å². The third-order valence-corrected chi connectivity index (χ3v) is 24.4. The fourth-order valence-corrected chi connectivity index (χ4v) is 17.5. The van der Waals surface area contributed by atoms with Gasteiger partial charge in [0.25, 0.3) is 0 Å². The molecule has 0 radical (unpaired) electrons. The molecule has 1 spiro atoms. The van der Waals surface area contributed by atoms with Crippen LogP contribution in [-0.4, -0.2) is 288 Å². The molecule has 4 heterocycles. The first-order valence-electron chi connectivity index (χ1n) is 38.3. The van der Waals surface area contributed by atoms with E-state index in [1.807, 2.05) is 0 Å². The lowest BCUT2D eigenvalue weighted by atomic mass is 9.76. The molecule has 2 bridgehead atoms. The third kappa shape index (κ3) is 20.1. The van der Waals surface area contributed by atoms with E-state index in [1.54, 1.807) is 13.8 Å². The van der Waals surface area contributed by atoms with Gasteiger partial charge in [0.05, 0.1) is 38.6 Å². The number of ether oxygens (including phenoxy) is 1. The number of alkyl halides is 8. The Morgan fingerprint density at radius 2 is 1.17 bits per heavy atom. The monoisotopic (exact) mass is 1520 g/mol. The molecule has 4 saturated carbocycles. The summed E-state index contributed by atoms with van der Waals surface area (Å²) in [5.41, 5.74) is -1.67. The summed E-state index contributed by atoms with van der Waals surface area (Å²) in [6, 6.07) is -11.0. The topological polar surface area (TPSA) is 279 Å². The smallest absolute Gasteiger partial charge is 0.378 e. The fourth-order valence-electron chi connectivity index (χ4n) is 17.5. The summed E-state index contributed by atoms with van der Waals surface area (Å²) in [6.45, 7) is 3.81. The number of fused-ring (bicyclic) bond motifs is 3. The number of nitrogens with zero attached hydrogens (tertiary/aromatic N) is 9. The van der Waals surface area contributed by atoms with Gasteiger partial charge in [0.1, 0.15) is 72.1 Å². The quantitative estimate of drug-likeness (QED) is 0.234. The highest BCUT2D eigenvalue weighted by Crippen LogP contribution is 2.46. The highest BCUT2D eigenvalue weighted by molar-refractivity contribution is 6.01. The lowest BCUT2D eigenvalue weighted by Gasteiger charge is -2.42. The summed E-state index contributed by atoms with van der Waals surface area (Å²) in [4.78, 5) is 191. The zero-order valence-corrected chi connectivity index (χ0v) is 62.9. The number of rotatable bonds is 9. The van der Waals surface area contributed by atoms with Gasteiger partial charge >= 0.3 is 12.4 Å². The Kier molecular flexibility index (Phi) is 29.2. The summed E-state index contributed by atoms with van der Waals surface area (Å²) in [7, 11) is 8.06. The van der Waals surface area contributed by atoms with E-state index in [9.17, 15) is 55.1 Å². The Hall–Kier alpha value is -6.96. The predicted molar refractivity (Wildman–Crippen MR) is 370 cm³/mol. The average molecular weight is 1520 g/mol. The Labute approximate surface area is 616 Å². The van der Waals surface area contributed by atoms with Gasteiger partial charge in [-0.05, 0) is 140 Å². The first kappa shape index (κ1) is 84.7. The van der Waals surface area contributed by atoms with Crippen LogP contribution in [0.4, 0.5) is 35.1 Å². The van der Waals surface area contributed by atoms with E-state index in [2.05, 4.69) is 16.0 Å². The molecule has 11 atom stereocenters. The van der Waals surface area contributed by atoms with Gasteiger partial charge in [0.2, 0.25) is 70.9 Å². The van der Waals surface area contributed by atoms with Crippen LogP contribution < -0.4 is 16.0 Å². The first-order valence-corrected chi connectivity index (χ1v) is 38.3. The lowest BCUT2D eigenvalue weighted by Crippen LogP contribution is -2.65. The second kappa shape index (κ2) is 36.5. The molecular weight excluding hydrogens is 1400 g/mol. The molecule has 8 rings (SSSR count). The lowest BCUT2D eigenvalue weighted by molar-refractivity contribution is -0.219. The Morgan fingerprint density at radius 1 is 0.575 bits per heavy atom. The standard InChI is InChI=1S/C73H112F8N12O13/c1-10-43(2)60-68(103)86(5)42-58(96)88(7)53-21-12-11-17-31-93(67(53)102)55(39-45-23-26-48(27-24-45)72(76,77)78)65(100)85(4)41-56(94)82-51(28-25-46-37-49(74)59(50(75)38-46)73(79,80)81)64(99)92-32-18-22-52(92)63(98)84-71(29-15-16-30-71)70(105)90(9)61(47-19-13-14-20-47)69(104)89(8)54(66(101)91-33-35-106-36-34-91)40-57(95)87(6)44(3)62(97)83-60/h43-55,59-61H,10-42H2,1-9H3,(H,82,94)(H,83,97)(H,84,98)/t43-,44-,45?,46?,48?,49?,50?,51-,52-,53-,54-,55-,59?,60-,61-/m0/s1. The van der Waals surface area contributed by atoms with Gasteiger partial charge in [-0.2, -0.15) is 26.3 Å². The molecule has 25 nitrogen and oxygen atoms in total. The largest absolute Gasteiger partial charge is 0.397 e. The molecule has 0 aromatic heterocycles. The summed E-state index contributed by atoms with van der Waals surface area (Å²) < 4.78 is 120. The van der Waals surface area contributed by atoms with Crippen molar-refractivity contribution >= 4 is 70.9 Å². The number of amides is 12. The molecule has 12 amide bonds. The number of hydrogen-bond donors (Lipinski definition) is 3. The van der Waals surface area contributed by atoms with Crippen molar-refractivity contribution in [1.82, 2.24) is 60.0 Å². The average Bonchev–Trinajstić information content (AvgIpc) is 1.51. The van der Waals surface area contributed by atoms with Gasteiger partial charge < -0.3 is 64.8 Å². The minimum Gasteiger partial charge on any atom is -0.378 e. The molecule has 106 heavy (non-hydrogen) atoms. The molecule has 0 aromatic carbocycles. The number of hydrogen-bond acceptors (Lipinski definition) is 13. The maximum Gasteiger partial charge on any atom is 0.397 e. The molecule has 33 heteroatoms. The fraction of sp³-hybridized carbons (Fsp3) is 0.836. The minimum absolute atomic E-state index is 0.0179. The van der Waals surface area contributed by atoms with E-state index in [0.717, 1.165) is 24.5 Å². The maximum atomic E-state index is 15.6. The van der Waals surface area contributed by atoms with Crippen molar-refractivity contribution in [3.05, 3.63) is 0 Å². The van der Waals surface area contributed by atoms with Gasteiger partial charge in [-0.1, -0.05) is 58.8 Å². The van der Waals surface area contributed by atoms with E-state index in [0.29, 0.717) is 64.2 Å². The van der Waals surface area contributed by atoms with E-state index < -0.39 is 224 Å². The van der Waals surface area contributed by atoms with E-state index in [-0.39, 0.29) is 110 Å². The van der Waals surface area contributed by atoms with Crippen LogP contribution in [-0.2, 0) is 62.3 Å². The van der Waals surface area contributed by atoms with Crippen molar-refractivity contribution in [2.24, 2.45) is 35.5 Å². The molecule has 8 fully saturated rings. The maximum absolute atomic E-state index is 15.6. The highest BCUT2D eigenvalue weighted by atomic mass is 19.4. The van der Waals surface area contributed by atoms with Gasteiger partial charge in [0.15, 0.2) is 0 Å². The highest BCUT2D eigenvalue weighted by Gasteiger charge is 2.55. The Bertz CT molecular complexity index is 3130. The van der Waals surface area contributed by atoms with Crippen molar-refractivity contribution in [2.45, 2.75) is 260 Å². The van der Waals surface area contributed by atoms with Crippen LogP contribution in [0.25, 0.3) is 0 Å².